The molecule has 0 bridgehead atoms. The van der Waals surface area contributed by atoms with Gasteiger partial charge in [0.15, 0.2) is 6.10 Å². The molecular weight excluding hydrogens is 189 g/mol. The number of hydrogen-bond acceptors (Lipinski definition) is 4. The van der Waals surface area contributed by atoms with Crippen LogP contribution in [0, 0.1) is 0 Å². The van der Waals surface area contributed by atoms with E-state index in [1.54, 1.807) is 0 Å². The Bertz CT molecular complexity index is 217. The van der Waals surface area contributed by atoms with Crippen LogP contribution in [-0.4, -0.2) is 25.3 Å². The van der Waals surface area contributed by atoms with Gasteiger partial charge in [0.1, 0.15) is 0 Å². The van der Waals surface area contributed by atoms with Crippen molar-refractivity contribution in [1.29, 1.82) is 0 Å². The number of alkyl halides is 3. The minimum atomic E-state index is -5.28. The molecule has 0 aromatic rings. The van der Waals surface area contributed by atoms with E-state index in [1.165, 1.54) is 0 Å². The molecule has 8 heteroatoms. The number of rotatable bonds is 2. The Hall–Kier alpha value is -0.340. The third-order valence-electron chi connectivity index (χ3n) is 0.723. The van der Waals surface area contributed by atoms with Crippen molar-refractivity contribution in [3.05, 3.63) is 0 Å². The first kappa shape index (κ1) is 10.7. The van der Waals surface area contributed by atoms with Crippen LogP contribution in [0.4, 0.5) is 13.2 Å². The van der Waals surface area contributed by atoms with Crippen LogP contribution in [0.1, 0.15) is 6.92 Å². The fourth-order valence-electron chi connectivity index (χ4n) is 0.231. The molecule has 0 aliphatic rings. The molecule has 0 amide bonds. The van der Waals surface area contributed by atoms with Crippen molar-refractivity contribution in [3.8, 4) is 0 Å². The van der Waals surface area contributed by atoms with Crippen LogP contribution in [0.15, 0.2) is 0 Å². The van der Waals surface area contributed by atoms with E-state index in [0.717, 1.165) is 0 Å². The van der Waals surface area contributed by atoms with Gasteiger partial charge in [-0.1, -0.05) is 0 Å². The number of hydrogen-bond donors (Lipinski definition) is 0. The molecule has 11 heavy (non-hydrogen) atoms. The third kappa shape index (κ3) is 4.99. The summed E-state index contributed by atoms with van der Waals surface area (Å²) in [7, 11) is -5.28. The molecule has 1 atom stereocenters. The van der Waals surface area contributed by atoms with Gasteiger partial charge in [0.2, 0.25) is 10.4 Å². The Morgan fingerprint density at radius 1 is 1.45 bits per heavy atom. The maximum absolute atomic E-state index is 11.5. The monoisotopic (exact) mass is 193 g/mol. The maximum Gasteiger partial charge on any atom is 0.415 e. The van der Waals surface area contributed by atoms with E-state index in [0.29, 0.717) is 6.92 Å². The summed E-state index contributed by atoms with van der Waals surface area (Å²) < 4.78 is 66.3. The Labute approximate surface area is 60.9 Å². The van der Waals surface area contributed by atoms with Gasteiger partial charge in [0, 0.05) is 0 Å². The predicted octanol–water partition coefficient (Wildman–Crippen LogP) is 0.414. The molecule has 0 saturated carbocycles. The lowest BCUT2D eigenvalue weighted by atomic mass is 10.4. The van der Waals surface area contributed by atoms with Crippen LogP contribution >= 0.6 is 0 Å². The minimum absolute atomic E-state index is 0.426. The van der Waals surface area contributed by atoms with Crippen molar-refractivity contribution in [2.45, 2.75) is 19.2 Å². The Kier molecular flexibility index (Phi) is 2.86. The second kappa shape index (κ2) is 2.95. The van der Waals surface area contributed by atoms with Gasteiger partial charge >= 0.3 is 6.18 Å². The van der Waals surface area contributed by atoms with E-state index < -0.39 is 22.7 Å². The topological polar surface area (TPSA) is 66.4 Å². The highest BCUT2D eigenvalue weighted by Gasteiger charge is 2.38. The van der Waals surface area contributed by atoms with E-state index in [2.05, 4.69) is 4.18 Å². The zero-order chi connectivity index (χ0) is 9.28. The van der Waals surface area contributed by atoms with Gasteiger partial charge in [0.25, 0.3) is 0 Å². The molecule has 0 spiro atoms. The molecule has 0 aliphatic heterocycles. The molecule has 0 saturated heterocycles. The zero-order valence-electron chi connectivity index (χ0n) is 5.25. The van der Waals surface area contributed by atoms with Crippen molar-refractivity contribution in [1.82, 2.24) is 0 Å². The van der Waals surface area contributed by atoms with Gasteiger partial charge in [-0.05, 0) is 6.92 Å². The van der Waals surface area contributed by atoms with E-state index in [1.807, 2.05) is 0 Å². The molecular formula is C3H4F3O4S-. The number of halogens is 3. The smallest absolute Gasteiger partial charge is 0.415 e. The van der Waals surface area contributed by atoms with Gasteiger partial charge in [-0.3, -0.25) is 4.18 Å². The first-order valence-corrected chi connectivity index (χ1v) is 3.67. The largest absolute Gasteiger partial charge is 0.726 e. The SMILES string of the molecule is CC(OS(=O)(=O)[O-])C(F)(F)F. The summed E-state index contributed by atoms with van der Waals surface area (Å²) in [6, 6.07) is 0. The highest BCUT2D eigenvalue weighted by Crippen LogP contribution is 2.23. The van der Waals surface area contributed by atoms with Gasteiger partial charge in [-0.25, -0.2) is 8.42 Å². The molecule has 0 aromatic heterocycles. The van der Waals surface area contributed by atoms with Gasteiger partial charge in [-0.15, -0.1) is 0 Å². The second-order valence-electron chi connectivity index (χ2n) is 1.69. The molecule has 4 nitrogen and oxygen atoms in total. The highest BCUT2D eigenvalue weighted by atomic mass is 32.3. The van der Waals surface area contributed by atoms with Crippen molar-refractivity contribution in [2.75, 3.05) is 0 Å². The summed E-state index contributed by atoms with van der Waals surface area (Å²) in [4.78, 5) is 0. The first-order chi connectivity index (χ1) is 4.63. The summed E-state index contributed by atoms with van der Waals surface area (Å²) in [5.41, 5.74) is 0. The van der Waals surface area contributed by atoms with Crippen LogP contribution < -0.4 is 0 Å². The molecule has 0 rings (SSSR count). The molecule has 0 fully saturated rings. The highest BCUT2D eigenvalue weighted by molar-refractivity contribution is 7.80. The molecule has 0 radical (unpaired) electrons. The van der Waals surface area contributed by atoms with Gasteiger partial charge in [0.05, 0.1) is 0 Å². The zero-order valence-corrected chi connectivity index (χ0v) is 6.07. The van der Waals surface area contributed by atoms with E-state index in [4.69, 9.17) is 0 Å². The van der Waals surface area contributed by atoms with Crippen LogP contribution in [-0.2, 0) is 14.6 Å². The molecule has 68 valence electrons. The normalized spacial score (nSPS) is 16.5. The Morgan fingerprint density at radius 3 is 1.91 bits per heavy atom. The lowest BCUT2D eigenvalue weighted by molar-refractivity contribution is -0.189. The first-order valence-electron chi connectivity index (χ1n) is 2.34. The fraction of sp³-hybridized carbons (Fsp3) is 1.00. The minimum Gasteiger partial charge on any atom is -0.726 e. The molecule has 0 aromatic carbocycles. The van der Waals surface area contributed by atoms with Crippen molar-refractivity contribution in [3.63, 3.8) is 0 Å². The van der Waals surface area contributed by atoms with Crippen LogP contribution in [0.5, 0.6) is 0 Å². The summed E-state index contributed by atoms with van der Waals surface area (Å²) in [5, 5.41) is 0. The van der Waals surface area contributed by atoms with Crippen LogP contribution in [0.25, 0.3) is 0 Å². The standard InChI is InChI=1S/C3H5F3O4S/c1-2(3(4,5)6)10-11(7,8)9/h2H,1H3,(H,7,8,9)/p-1. The lowest BCUT2D eigenvalue weighted by Crippen LogP contribution is -2.30. The van der Waals surface area contributed by atoms with Crippen LogP contribution in [0.3, 0.4) is 0 Å². The van der Waals surface area contributed by atoms with E-state index >= 15 is 0 Å². The second-order valence-corrected chi connectivity index (χ2v) is 2.70. The van der Waals surface area contributed by atoms with Crippen molar-refractivity contribution in [2.24, 2.45) is 0 Å². The lowest BCUT2D eigenvalue weighted by Gasteiger charge is -2.17. The Morgan fingerprint density at radius 2 is 1.82 bits per heavy atom. The maximum atomic E-state index is 11.5. The Balaban J connectivity index is 4.21. The summed E-state index contributed by atoms with van der Waals surface area (Å²) >= 11 is 0. The van der Waals surface area contributed by atoms with Crippen molar-refractivity contribution >= 4 is 10.4 Å². The molecule has 0 heterocycles. The summed E-state index contributed by atoms with van der Waals surface area (Å²) in [6.07, 6.45) is -7.43. The average molecular weight is 193 g/mol. The summed E-state index contributed by atoms with van der Waals surface area (Å²) in [6.45, 7) is 0.426. The van der Waals surface area contributed by atoms with Gasteiger partial charge in [-0.2, -0.15) is 13.2 Å². The summed E-state index contributed by atoms with van der Waals surface area (Å²) in [5.74, 6) is 0. The molecule has 0 N–H and O–H groups in total. The van der Waals surface area contributed by atoms with Crippen LogP contribution in [0.2, 0.25) is 0 Å². The predicted molar refractivity (Wildman–Crippen MR) is 26.3 cm³/mol. The van der Waals surface area contributed by atoms with E-state index in [-0.39, 0.29) is 0 Å². The molecule has 0 aliphatic carbocycles. The van der Waals surface area contributed by atoms with Crippen molar-refractivity contribution < 1.29 is 30.3 Å². The average Bonchev–Trinajstić information content (AvgIpc) is 1.56. The van der Waals surface area contributed by atoms with Gasteiger partial charge < -0.3 is 4.55 Å². The quantitative estimate of drug-likeness (QED) is 0.470. The molecule has 1 unspecified atom stereocenters. The third-order valence-corrected chi connectivity index (χ3v) is 1.25. The van der Waals surface area contributed by atoms with E-state index in [9.17, 15) is 26.1 Å². The fourth-order valence-corrected chi connectivity index (χ4v) is 0.694.